The van der Waals surface area contributed by atoms with E-state index in [0.717, 1.165) is 6.07 Å². The zero-order valence-electron chi connectivity index (χ0n) is 18.4. The largest absolute Gasteiger partial charge is 0.504 e. The lowest BCUT2D eigenvalue weighted by molar-refractivity contribution is -0.271. The first-order chi connectivity index (χ1) is 17.0. The quantitative estimate of drug-likeness (QED) is 0.220. The third kappa shape index (κ3) is 4.10. The summed E-state index contributed by atoms with van der Waals surface area (Å²) < 4.78 is 21.0. The van der Waals surface area contributed by atoms with Gasteiger partial charge in [0, 0.05) is 6.07 Å². The minimum Gasteiger partial charge on any atom is -0.504 e. The normalized spacial score (nSPS) is 29.7. The second kappa shape index (κ2) is 9.33. The van der Waals surface area contributed by atoms with Gasteiger partial charge in [0.2, 0.25) is 17.8 Å². The van der Waals surface area contributed by atoms with Gasteiger partial charge in [-0.25, -0.2) is 4.79 Å². The Morgan fingerprint density at radius 1 is 0.972 bits per heavy atom. The van der Waals surface area contributed by atoms with Crippen molar-refractivity contribution >= 4 is 11.8 Å². The number of phenols is 3. The maximum absolute atomic E-state index is 13.1. The molecular weight excluding hydrogens is 488 g/mol. The van der Waals surface area contributed by atoms with Gasteiger partial charge >= 0.3 is 5.97 Å². The highest BCUT2D eigenvalue weighted by Gasteiger charge is 2.49. The Bertz CT molecular complexity index is 1200. The SMILES string of the molecule is COc1cc(C2Oc3cc(O)c(O)c(OC4OC(C(=O)O)C(O)C(O)C4O)c3C(=O)C2O)ccc1O. The molecule has 0 amide bonds. The van der Waals surface area contributed by atoms with Crippen molar-refractivity contribution in [3.05, 3.63) is 35.4 Å². The van der Waals surface area contributed by atoms with Crippen molar-refractivity contribution in [3.8, 4) is 34.5 Å². The van der Waals surface area contributed by atoms with Crippen molar-refractivity contribution in [3.63, 3.8) is 0 Å². The topological polar surface area (TPSA) is 233 Å². The highest BCUT2D eigenvalue weighted by molar-refractivity contribution is 6.06. The number of Topliss-reactive ketones (excluding diaryl/α,β-unsaturated/α-hetero) is 1. The van der Waals surface area contributed by atoms with Crippen LogP contribution in [0.2, 0.25) is 0 Å². The number of carboxylic acid groups (broad SMARTS) is 1. The molecule has 4 rings (SSSR count). The Labute approximate surface area is 201 Å². The molecular formula is C22H22O14. The van der Waals surface area contributed by atoms with Gasteiger partial charge in [-0.3, -0.25) is 4.79 Å². The van der Waals surface area contributed by atoms with E-state index in [1.54, 1.807) is 0 Å². The summed E-state index contributed by atoms with van der Waals surface area (Å²) in [6.07, 6.45) is -13.4. The summed E-state index contributed by atoms with van der Waals surface area (Å²) in [6, 6.07) is 4.77. The van der Waals surface area contributed by atoms with E-state index < -0.39 is 77.5 Å². The lowest BCUT2D eigenvalue weighted by Crippen LogP contribution is -2.61. The number of carbonyl (C=O) groups excluding carboxylic acids is 1. The van der Waals surface area contributed by atoms with Crippen LogP contribution in [-0.2, 0) is 9.53 Å². The van der Waals surface area contributed by atoms with Crippen molar-refractivity contribution < 1.29 is 69.4 Å². The lowest BCUT2D eigenvalue weighted by Gasteiger charge is -2.39. The van der Waals surface area contributed by atoms with Crippen LogP contribution in [-0.4, -0.2) is 96.5 Å². The molecule has 0 aromatic heterocycles. The molecule has 8 N–H and O–H groups in total. The molecule has 1 fully saturated rings. The number of carbonyl (C=O) groups is 2. The van der Waals surface area contributed by atoms with Crippen LogP contribution in [0.3, 0.4) is 0 Å². The van der Waals surface area contributed by atoms with Crippen molar-refractivity contribution in [2.75, 3.05) is 7.11 Å². The van der Waals surface area contributed by atoms with E-state index in [1.807, 2.05) is 0 Å². The minimum atomic E-state index is -2.05. The smallest absolute Gasteiger partial charge is 0.335 e. The number of phenolic OH excluding ortho intramolecular Hbond substituents is 3. The zero-order chi connectivity index (χ0) is 26.5. The molecule has 14 heteroatoms. The molecule has 0 radical (unpaired) electrons. The molecule has 0 aliphatic carbocycles. The molecule has 0 bridgehead atoms. The molecule has 36 heavy (non-hydrogen) atoms. The number of hydrogen-bond donors (Lipinski definition) is 8. The van der Waals surface area contributed by atoms with Crippen LogP contribution in [0.15, 0.2) is 24.3 Å². The third-order valence-corrected chi connectivity index (χ3v) is 5.83. The average molecular weight is 510 g/mol. The highest BCUT2D eigenvalue weighted by Crippen LogP contribution is 2.49. The number of aliphatic hydroxyl groups is 4. The Kier molecular flexibility index (Phi) is 6.55. The van der Waals surface area contributed by atoms with Crippen molar-refractivity contribution in [2.24, 2.45) is 0 Å². The third-order valence-electron chi connectivity index (χ3n) is 5.83. The first kappa shape index (κ1) is 25.3. The predicted molar refractivity (Wildman–Crippen MR) is 113 cm³/mol. The number of hydrogen-bond acceptors (Lipinski definition) is 13. The van der Waals surface area contributed by atoms with Crippen LogP contribution in [0.25, 0.3) is 0 Å². The molecule has 2 aliphatic heterocycles. The molecule has 194 valence electrons. The van der Waals surface area contributed by atoms with Crippen LogP contribution in [0.4, 0.5) is 0 Å². The van der Waals surface area contributed by atoms with Crippen LogP contribution in [0, 0.1) is 0 Å². The fourth-order valence-corrected chi connectivity index (χ4v) is 3.93. The predicted octanol–water partition coefficient (Wildman–Crippen LogP) is -1.24. The Morgan fingerprint density at radius 3 is 2.31 bits per heavy atom. The van der Waals surface area contributed by atoms with Gasteiger partial charge < -0.3 is 59.8 Å². The summed E-state index contributed by atoms with van der Waals surface area (Å²) in [6.45, 7) is 0. The van der Waals surface area contributed by atoms with E-state index in [4.69, 9.17) is 18.9 Å². The molecule has 7 atom stereocenters. The van der Waals surface area contributed by atoms with Gasteiger partial charge in [0.25, 0.3) is 0 Å². The second-order valence-electron chi connectivity index (χ2n) is 8.08. The van der Waals surface area contributed by atoms with Crippen LogP contribution < -0.4 is 14.2 Å². The highest BCUT2D eigenvalue weighted by atomic mass is 16.7. The maximum atomic E-state index is 13.1. The maximum Gasteiger partial charge on any atom is 0.335 e. The number of aromatic hydroxyl groups is 3. The molecule has 2 aliphatic rings. The van der Waals surface area contributed by atoms with Gasteiger partial charge in [-0.05, 0) is 17.7 Å². The van der Waals surface area contributed by atoms with Gasteiger partial charge in [0.15, 0.2) is 41.3 Å². The fourth-order valence-electron chi connectivity index (χ4n) is 3.93. The van der Waals surface area contributed by atoms with Gasteiger partial charge in [0.05, 0.1) is 7.11 Å². The summed E-state index contributed by atoms with van der Waals surface area (Å²) in [5.74, 6) is -6.04. The van der Waals surface area contributed by atoms with Crippen molar-refractivity contribution in [2.45, 2.75) is 42.9 Å². The molecule has 2 aromatic rings. The number of rotatable bonds is 5. The van der Waals surface area contributed by atoms with Gasteiger partial charge in [-0.1, -0.05) is 6.07 Å². The van der Waals surface area contributed by atoms with Crippen molar-refractivity contribution in [1.82, 2.24) is 0 Å². The molecule has 14 nitrogen and oxygen atoms in total. The van der Waals surface area contributed by atoms with E-state index in [1.165, 1.54) is 25.3 Å². The summed E-state index contributed by atoms with van der Waals surface area (Å²) >= 11 is 0. The van der Waals surface area contributed by atoms with Crippen LogP contribution in [0.1, 0.15) is 22.0 Å². The van der Waals surface area contributed by atoms with E-state index in [2.05, 4.69) is 0 Å². The number of methoxy groups -OCH3 is 1. The molecule has 7 unspecified atom stereocenters. The molecule has 1 saturated heterocycles. The molecule has 2 aromatic carbocycles. The summed E-state index contributed by atoms with van der Waals surface area (Å²) in [4.78, 5) is 24.5. The Morgan fingerprint density at radius 2 is 1.67 bits per heavy atom. The van der Waals surface area contributed by atoms with Gasteiger partial charge in [-0.2, -0.15) is 0 Å². The average Bonchev–Trinajstić information content (AvgIpc) is 2.84. The Balaban J connectivity index is 1.73. The van der Waals surface area contributed by atoms with E-state index >= 15 is 0 Å². The number of carboxylic acids is 1. The molecule has 0 saturated carbocycles. The molecule has 0 spiro atoms. The standard InChI is InChI=1S/C22H22O14/c1-33-9-4-6(2-3-7(9)23)18-15(28)13(26)11-10(34-18)5-8(24)12(25)19(11)35-22-17(30)14(27)16(29)20(36-22)21(31)32/h2-5,14-18,20,22-25,27-30H,1H3,(H,31,32). The lowest BCUT2D eigenvalue weighted by atomic mass is 9.92. The number of aliphatic hydroxyl groups excluding tert-OH is 4. The fraction of sp³-hybridized carbons (Fsp3) is 0.364. The minimum absolute atomic E-state index is 0.0243. The molecule has 2 heterocycles. The summed E-state index contributed by atoms with van der Waals surface area (Å²) in [7, 11) is 1.29. The van der Waals surface area contributed by atoms with Crippen LogP contribution >= 0.6 is 0 Å². The van der Waals surface area contributed by atoms with Gasteiger partial charge in [0.1, 0.15) is 29.6 Å². The van der Waals surface area contributed by atoms with Crippen LogP contribution in [0.5, 0.6) is 34.5 Å². The van der Waals surface area contributed by atoms with Crippen molar-refractivity contribution in [1.29, 1.82) is 0 Å². The number of ketones is 1. The zero-order valence-corrected chi connectivity index (χ0v) is 18.4. The first-order valence-corrected chi connectivity index (χ1v) is 10.4. The number of ether oxygens (including phenoxy) is 4. The van der Waals surface area contributed by atoms with Gasteiger partial charge in [-0.15, -0.1) is 0 Å². The number of fused-ring (bicyclic) bond motifs is 1. The summed E-state index contributed by atoms with van der Waals surface area (Å²) in [5, 5.41) is 80.3. The second-order valence-corrected chi connectivity index (χ2v) is 8.08. The monoisotopic (exact) mass is 510 g/mol. The first-order valence-electron chi connectivity index (χ1n) is 10.4. The van der Waals surface area contributed by atoms with E-state index in [-0.39, 0.29) is 22.8 Å². The van der Waals surface area contributed by atoms with E-state index in [0.29, 0.717) is 0 Å². The number of benzene rings is 2. The summed E-state index contributed by atoms with van der Waals surface area (Å²) in [5.41, 5.74) is -0.373. The number of aliphatic carboxylic acids is 1. The van der Waals surface area contributed by atoms with E-state index in [9.17, 15) is 50.4 Å². The Hall–Kier alpha value is -3.82.